The van der Waals surface area contributed by atoms with E-state index < -0.39 is 40.0 Å². The lowest BCUT2D eigenvalue weighted by Crippen LogP contribution is -2.50. The third kappa shape index (κ3) is 33.3. The van der Waals surface area contributed by atoms with Crippen molar-refractivity contribution in [2.45, 2.75) is 218 Å². The van der Waals surface area contributed by atoms with E-state index in [4.69, 9.17) is 0 Å². The Morgan fingerprint density at radius 2 is 0.917 bits per heavy atom. The van der Waals surface area contributed by atoms with Crippen LogP contribution in [-0.2, 0) is 14.9 Å². The minimum absolute atomic E-state index is 0.275. The lowest BCUT2D eigenvalue weighted by molar-refractivity contribution is -0.130. The number of allylic oxidation sites excluding steroid dienone is 3. The lowest BCUT2D eigenvalue weighted by Gasteiger charge is -2.22. The molecule has 0 aliphatic rings. The fourth-order valence-corrected chi connectivity index (χ4v) is 6.83. The smallest absolute Gasteiger partial charge is 0.267 e. The van der Waals surface area contributed by atoms with Crippen LogP contribution < -0.4 is 5.32 Å². The Labute approximate surface area is 297 Å². The maximum absolute atomic E-state index is 12.6. The van der Waals surface area contributed by atoms with Gasteiger partial charge in [0.25, 0.3) is 10.1 Å². The van der Waals surface area contributed by atoms with E-state index in [1.807, 2.05) is 0 Å². The number of unbranched alkanes of at least 4 members (excludes halogenated alkanes) is 25. The Hall–Kier alpha value is -1.22. The molecule has 0 rings (SSSR count). The molecule has 7 nitrogen and oxygen atoms in total. The van der Waals surface area contributed by atoms with E-state index in [1.165, 1.54) is 134 Å². The molecule has 0 saturated carbocycles. The molecule has 284 valence electrons. The van der Waals surface area contributed by atoms with Crippen LogP contribution in [0.25, 0.3) is 0 Å². The van der Waals surface area contributed by atoms with E-state index in [0.717, 1.165) is 44.9 Å². The van der Waals surface area contributed by atoms with Crippen LogP contribution in [0.2, 0.25) is 0 Å². The summed E-state index contributed by atoms with van der Waals surface area (Å²) in [5, 5.41) is 23.3. The molecule has 0 saturated heterocycles. The van der Waals surface area contributed by atoms with Gasteiger partial charge in [0.2, 0.25) is 5.91 Å². The standard InChI is InChI=1S/C40H77NO6S/c1-3-5-7-9-11-13-15-17-18-19-20-21-23-25-27-29-31-33-35-39(43)40(44)41-37(36-48(45,46)47)38(42)34-32-30-28-26-24-22-16-14-12-10-8-6-4-2/h19-20,32,34,37-39,42-43H,3-18,21-31,33,35-36H2,1-2H3,(H,41,44)(H,45,46,47)/b20-19-,34-32+. The molecular weight excluding hydrogens is 623 g/mol. The zero-order valence-corrected chi connectivity index (χ0v) is 32.0. The van der Waals surface area contributed by atoms with Gasteiger partial charge in [-0.2, -0.15) is 8.42 Å². The SMILES string of the molecule is CCCCCCCCCC/C=C\CCCCCCCCC(O)C(=O)NC(CS(=O)(=O)O)C(O)/C=C/CCCCCCCCCCCCC. The number of amides is 1. The van der Waals surface area contributed by atoms with Crippen molar-refractivity contribution in [2.24, 2.45) is 0 Å². The number of carbonyl (C=O) groups excluding carboxylic acids is 1. The van der Waals surface area contributed by atoms with Gasteiger partial charge in [-0.1, -0.05) is 179 Å². The van der Waals surface area contributed by atoms with Crippen molar-refractivity contribution in [3.63, 3.8) is 0 Å². The number of rotatable bonds is 36. The Bertz CT molecular complexity index is 875. The van der Waals surface area contributed by atoms with Crippen molar-refractivity contribution in [1.82, 2.24) is 5.32 Å². The van der Waals surface area contributed by atoms with Crippen molar-refractivity contribution in [3.05, 3.63) is 24.3 Å². The zero-order chi connectivity index (χ0) is 35.6. The first-order valence-electron chi connectivity index (χ1n) is 20.1. The largest absolute Gasteiger partial charge is 0.387 e. The molecule has 1 amide bonds. The summed E-state index contributed by atoms with van der Waals surface area (Å²) in [6.45, 7) is 4.50. The summed E-state index contributed by atoms with van der Waals surface area (Å²) in [4.78, 5) is 12.6. The van der Waals surface area contributed by atoms with Gasteiger partial charge in [-0.05, 0) is 44.9 Å². The number of nitrogens with one attached hydrogen (secondary N) is 1. The second-order valence-electron chi connectivity index (χ2n) is 14.1. The lowest BCUT2D eigenvalue weighted by atomic mass is 10.0. The van der Waals surface area contributed by atoms with Crippen molar-refractivity contribution in [2.75, 3.05) is 5.75 Å². The fourth-order valence-electron chi connectivity index (χ4n) is 6.10. The molecule has 0 aliphatic heterocycles. The summed E-state index contributed by atoms with van der Waals surface area (Å²) < 4.78 is 32.4. The van der Waals surface area contributed by atoms with E-state index in [1.54, 1.807) is 6.08 Å². The van der Waals surface area contributed by atoms with E-state index in [-0.39, 0.29) is 6.42 Å². The highest BCUT2D eigenvalue weighted by Gasteiger charge is 2.27. The third-order valence-electron chi connectivity index (χ3n) is 9.23. The zero-order valence-electron chi connectivity index (χ0n) is 31.2. The number of aliphatic hydroxyl groups excluding tert-OH is 2. The van der Waals surface area contributed by atoms with E-state index >= 15 is 0 Å². The van der Waals surface area contributed by atoms with Crippen LogP contribution in [0.4, 0.5) is 0 Å². The summed E-state index contributed by atoms with van der Waals surface area (Å²) in [6, 6.07) is -1.23. The van der Waals surface area contributed by atoms with Gasteiger partial charge in [0.05, 0.1) is 17.9 Å². The molecule has 48 heavy (non-hydrogen) atoms. The molecule has 0 aromatic heterocycles. The van der Waals surface area contributed by atoms with Crippen molar-refractivity contribution in [3.8, 4) is 0 Å². The quantitative estimate of drug-likeness (QED) is 0.0293. The summed E-state index contributed by atoms with van der Waals surface area (Å²) in [5.41, 5.74) is 0. The van der Waals surface area contributed by atoms with Gasteiger partial charge in [-0.25, -0.2) is 0 Å². The van der Waals surface area contributed by atoms with E-state index in [0.29, 0.717) is 6.42 Å². The highest BCUT2D eigenvalue weighted by molar-refractivity contribution is 7.85. The van der Waals surface area contributed by atoms with Gasteiger partial charge in [0.1, 0.15) is 6.10 Å². The second kappa shape index (κ2) is 34.2. The summed E-state index contributed by atoms with van der Waals surface area (Å²) in [7, 11) is -4.44. The van der Waals surface area contributed by atoms with Gasteiger partial charge in [-0.3, -0.25) is 9.35 Å². The predicted molar refractivity (Wildman–Crippen MR) is 204 cm³/mol. The van der Waals surface area contributed by atoms with Crippen molar-refractivity contribution in [1.29, 1.82) is 0 Å². The predicted octanol–water partition coefficient (Wildman–Crippen LogP) is 10.5. The molecule has 4 N–H and O–H groups in total. The van der Waals surface area contributed by atoms with Gasteiger partial charge in [0.15, 0.2) is 0 Å². The minimum atomic E-state index is -4.44. The molecule has 3 atom stereocenters. The number of hydrogen-bond donors (Lipinski definition) is 4. The Balaban J connectivity index is 4.04. The van der Waals surface area contributed by atoms with Crippen molar-refractivity contribution < 1.29 is 28.0 Å². The molecule has 0 heterocycles. The molecule has 3 unspecified atom stereocenters. The molecule has 0 aromatic rings. The maximum atomic E-state index is 12.6. The minimum Gasteiger partial charge on any atom is -0.387 e. The van der Waals surface area contributed by atoms with Crippen LogP contribution in [-0.4, -0.2) is 53.1 Å². The first-order chi connectivity index (χ1) is 23.2. The number of aliphatic hydroxyl groups is 2. The summed E-state index contributed by atoms with van der Waals surface area (Å²) >= 11 is 0. The highest BCUT2D eigenvalue weighted by Crippen LogP contribution is 2.14. The second-order valence-corrected chi connectivity index (χ2v) is 15.6. The molecular formula is C40H77NO6S. The Morgan fingerprint density at radius 3 is 1.31 bits per heavy atom. The van der Waals surface area contributed by atoms with Crippen LogP contribution >= 0.6 is 0 Å². The van der Waals surface area contributed by atoms with Crippen molar-refractivity contribution >= 4 is 16.0 Å². The first kappa shape index (κ1) is 46.8. The summed E-state index contributed by atoms with van der Waals surface area (Å²) in [6.07, 6.45) is 39.4. The van der Waals surface area contributed by atoms with Gasteiger partial charge in [-0.15, -0.1) is 0 Å². The van der Waals surface area contributed by atoms with Crippen LogP contribution in [0.1, 0.15) is 200 Å². The third-order valence-corrected chi connectivity index (χ3v) is 10.0. The first-order valence-corrected chi connectivity index (χ1v) is 21.8. The molecule has 8 heteroatoms. The molecule has 0 bridgehead atoms. The fraction of sp³-hybridized carbons (Fsp3) is 0.875. The average molecular weight is 700 g/mol. The monoisotopic (exact) mass is 700 g/mol. The summed E-state index contributed by atoms with van der Waals surface area (Å²) in [5.74, 6) is -1.54. The Kier molecular flexibility index (Phi) is 33.4. The normalized spacial score (nSPS) is 14.2. The number of hydrogen-bond acceptors (Lipinski definition) is 5. The van der Waals surface area contributed by atoms with Gasteiger partial charge >= 0.3 is 0 Å². The van der Waals surface area contributed by atoms with E-state index in [9.17, 15) is 28.0 Å². The topological polar surface area (TPSA) is 124 Å². The van der Waals surface area contributed by atoms with Crippen LogP contribution in [0, 0.1) is 0 Å². The van der Waals surface area contributed by atoms with Gasteiger partial charge < -0.3 is 15.5 Å². The maximum Gasteiger partial charge on any atom is 0.267 e. The number of carbonyl (C=O) groups is 1. The molecule has 0 fully saturated rings. The van der Waals surface area contributed by atoms with Crippen LogP contribution in [0.5, 0.6) is 0 Å². The van der Waals surface area contributed by atoms with Crippen LogP contribution in [0.3, 0.4) is 0 Å². The Morgan fingerprint density at radius 1 is 0.562 bits per heavy atom. The molecule has 0 spiro atoms. The molecule has 0 aliphatic carbocycles. The molecule has 0 radical (unpaired) electrons. The van der Waals surface area contributed by atoms with E-state index in [2.05, 4.69) is 31.3 Å². The average Bonchev–Trinajstić information content (AvgIpc) is 3.05. The molecule has 0 aromatic carbocycles. The van der Waals surface area contributed by atoms with Crippen LogP contribution in [0.15, 0.2) is 24.3 Å². The van der Waals surface area contributed by atoms with Gasteiger partial charge in [0, 0.05) is 0 Å². The highest BCUT2D eigenvalue weighted by atomic mass is 32.2.